The predicted octanol–water partition coefficient (Wildman–Crippen LogP) is 2.42. The van der Waals surface area contributed by atoms with Crippen molar-refractivity contribution in [3.63, 3.8) is 0 Å². The van der Waals surface area contributed by atoms with E-state index < -0.39 is 0 Å². The van der Waals surface area contributed by atoms with Gasteiger partial charge >= 0.3 is 0 Å². The molecule has 0 spiro atoms. The number of hydrogen-bond donors (Lipinski definition) is 2. The van der Waals surface area contributed by atoms with E-state index in [1.54, 1.807) is 18.3 Å². The Kier molecular flexibility index (Phi) is 4.61. The first-order valence-corrected chi connectivity index (χ1v) is 6.27. The summed E-state index contributed by atoms with van der Waals surface area (Å²) in [6.45, 7) is 2.64. The van der Waals surface area contributed by atoms with Crippen molar-refractivity contribution in [2.45, 2.75) is 19.5 Å². The fourth-order valence-corrected chi connectivity index (χ4v) is 1.90. The molecule has 2 rings (SSSR count). The highest BCUT2D eigenvalue weighted by Gasteiger charge is 1.99. The van der Waals surface area contributed by atoms with Crippen LogP contribution in [0, 0.1) is 0 Å². The first kappa shape index (κ1) is 12.9. The zero-order valence-electron chi connectivity index (χ0n) is 10.0. The van der Waals surface area contributed by atoms with Gasteiger partial charge in [0.25, 0.3) is 0 Å². The standard InChI is InChI=1S/C13H16ClN3O/c14-12-8-11(2-3-13(12)18)9-15-4-1-6-17-7-5-16-10-17/h2-3,5,7-8,10,15,18H,1,4,6,9H2. The van der Waals surface area contributed by atoms with Crippen LogP contribution in [-0.2, 0) is 13.1 Å². The second kappa shape index (κ2) is 6.42. The van der Waals surface area contributed by atoms with Gasteiger partial charge in [0.1, 0.15) is 5.75 Å². The molecule has 0 aliphatic heterocycles. The van der Waals surface area contributed by atoms with E-state index in [4.69, 9.17) is 11.6 Å². The second-order valence-corrected chi connectivity index (χ2v) is 4.52. The summed E-state index contributed by atoms with van der Waals surface area (Å²) in [5, 5.41) is 13.0. The molecule has 0 bridgehead atoms. The van der Waals surface area contributed by atoms with Crippen LogP contribution < -0.4 is 5.32 Å². The Hall–Kier alpha value is -1.52. The number of phenols is 1. The van der Waals surface area contributed by atoms with E-state index in [0.717, 1.165) is 31.6 Å². The molecule has 18 heavy (non-hydrogen) atoms. The molecule has 0 amide bonds. The summed E-state index contributed by atoms with van der Waals surface area (Å²) >= 11 is 5.83. The normalized spacial score (nSPS) is 10.7. The Morgan fingerprint density at radius 1 is 1.39 bits per heavy atom. The Morgan fingerprint density at radius 3 is 3.00 bits per heavy atom. The van der Waals surface area contributed by atoms with E-state index >= 15 is 0 Å². The highest BCUT2D eigenvalue weighted by atomic mass is 35.5. The lowest BCUT2D eigenvalue weighted by atomic mass is 10.2. The molecule has 0 aliphatic rings. The Morgan fingerprint density at radius 2 is 2.28 bits per heavy atom. The van der Waals surface area contributed by atoms with Crippen molar-refractivity contribution in [2.24, 2.45) is 0 Å². The van der Waals surface area contributed by atoms with Crippen molar-refractivity contribution in [1.29, 1.82) is 0 Å². The molecule has 2 aromatic rings. The van der Waals surface area contributed by atoms with Crippen LogP contribution in [0.15, 0.2) is 36.9 Å². The van der Waals surface area contributed by atoms with Crippen molar-refractivity contribution >= 4 is 11.6 Å². The number of aryl methyl sites for hydroxylation is 1. The van der Waals surface area contributed by atoms with Gasteiger partial charge in [0, 0.05) is 25.5 Å². The molecule has 0 fully saturated rings. The zero-order chi connectivity index (χ0) is 12.8. The van der Waals surface area contributed by atoms with Crippen molar-refractivity contribution in [1.82, 2.24) is 14.9 Å². The lowest BCUT2D eigenvalue weighted by Crippen LogP contribution is -2.16. The number of halogens is 1. The van der Waals surface area contributed by atoms with Gasteiger partial charge in [-0.1, -0.05) is 17.7 Å². The SMILES string of the molecule is Oc1ccc(CNCCCn2ccnc2)cc1Cl. The van der Waals surface area contributed by atoms with Gasteiger partial charge < -0.3 is 15.0 Å². The maximum absolute atomic E-state index is 9.30. The average Bonchev–Trinajstić information content (AvgIpc) is 2.86. The number of aromatic hydroxyl groups is 1. The van der Waals surface area contributed by atoms with Crippen LogP contribution in [0.25, 0.3) is 0 Å². The van der Waals surface area contributed by atoms with E-state index in [0.29, 0.717) is 5.02 Å². The monoisotopic (exact) mass is 265 g/mol. The molecular weight excluding hydrogens is 250 g/mol. The number of benzene rings is 1. The van der Waals surface area contributed by atoms with E-state index in [1.165, 1.54) is 0 Å². The van der Waals surface area contributed by atoms with E-state index in [2.05, 4.69) is 14.9 Å². The third-order valence-electron chi connectivity index (χ3n) is 2.67. The maximum atomic E-state index is 9.30. The minimum Gasteiger partial charge on any atom is -0.506 e. The summed E-state index contributed by atoms with van der Waals surface area (Å²) in [5.74, 6) is 0.125. The predicted molar refractivity (Wildman–Crippen MR) is 71.7 cm³/mol. The van der Waals surface area contributed by atoms with Gasteiger partial charge in [-0.25, -0.2) is 4.98 Å². The highest BCUT2D eigenvalue weighted by molar-refractivity contribution is 6.32. The van der Waals surface area contributed by atoms with Gasteiger partial charge in [-0.2, -0.15) is 0 Å². The largest absolute Gasteiger partial charge is 0.506 e. The number of nitrogens with zero attached hydrogens (tertiary/aromatic N) is 2. The minimum absolute atomic E-state index is 0.125. The smallest absolute Gasteiger partial charge is 0.134 e. The third-order valence-corrected chi connectivity index (χ3v) is 2.97. The number of phenolic OH excluding ortho intramolecular Hbond substituents is 1. The molecule has 1 aromatic carbocycles. The van der Waals surface area contributed by atoms with Crippen LogP contribution in [0.2, 0.25) is 5.02 Å². The Balaban J connectivity index is 1.67. The first-order valence-electron chi connectivity index (χ1n) is 5.89. The molecule has 2 N–H and O–H groups in total. The molecule has 0 unspecified atom stereocenters. The molecule has 4 nitrogen and oxygen atoms in total. The molecule has 0 saturated carbocycles. The van der Waals surface area contributed by atoms with Crippen LogP contribution >= 0.6 is 11.6 Å². The number of rotatable bonds is 6. The van der Waals surface area contributed by atoms with Gasteiger partial charge in [0.2, 0.25) is 0 Å². The van der Waals surface area contributed by atoms with Crippen LogP contribution in [0.3, 0.4) is 0 Å². The molecule has 0 radical (unpaired) electrons. The zero-order valence-corrected chi connectivity index (χ0v) is 10.8. The fourth-order valence-electron chi connectivity index (χ4n) is 1.70. The number of nitrogens with one attached hydrogen (secondary N) is 1. The lowest BCUT2D eigenvalue weighted by Gasteiger charge is -2.06. The van der Waals surface area contributed by atoms with Gasteiger partial charge in [0.15, 0.2) is 0 Å². The number of aromatic nitrogens is 2. The molecule has 0 aliphatic carbocycles. The maximum Gasteiger partial charge on any atom is 0.134 e. The molecule has 0 atom stereocenters. The summed E-state index contributed by atoms with van der Waals surface area (Å²) in [7, 11) is 0. The van der Waals surface area contributed by atoms with Gasteiger partial charge in [-0.05, 0) is 30.7 Å². The van der Waals surface area contributed by atoms with E-state index in [-0.39, 0.29) is 5.75 Å². The Labute approximate surface area is 111 Å². The van der Waals surface area contributed by atoms with Gasteiger partial charge in [-0.15, -0.1) is 0 Å². The molecule has 1 aromatic heterocycles. The third kappa shape index (κ3) is 3.75. The van der Waals surface area contributed by atoms with Crippen LogP contribution in [-0.4, -0.2) is 21.2 Å². The molecular formula is C13H16ClN3O. The average molecular weight is 266 g/mol. The van der Waals surface area contributed by atoms with Crippen LogP contribution in [0.1, 0.15) is 12.0 Å². The molecule has 0 saturated heterocycles. The quantitative estimate of drug-likeness (QED) is 0.789. The summed E-state index contributed by atoms with van der Waals surface area (Å²) in [6, 6.07) is 5.26. The van der Waals surface area contributed by atoms with Crippen molar-refractivity contribution < 1.29 is 5.11 Å². The van der Waals surface area contributed by atoms with Crippen LogP contribution in [0.5, 0.6) is 5.75 Å². The van der Waals surface area contributed by atoms with Crippen molar-refractivity contribution in [3.05, 3.63) is 47.5 Å². The number of hydrogen-bond acceptors (Lipinski definition) is 3. The molecule has 1 heterocycles. The highest BCUT2D eigenvalue weighted by Crippen LogP contribution is 2.23. The first-order chi connectivity index (χ1) is 8.75. The topological polar surface area (TPSA) is 50.1 Å². The fraction of sp³-hybridized carbons (Fsp3) is 0.308. The minimum atomic E-state index is 0.125. The van der Waals surface area contributed by atoms with E-state index in [9.17, 15) is 5.11 Å². The summed E-state index contributed by atoms with van der Waals surface area (Å²) in [5.41, 5.74) is 1.07. The second-order valence-electron chi connectivity index (χ2n) is 4.12. The summed E-state index contributed by atoms with van der Waals surface area (Å²) in [6.07, 6.45) is 6.60. The van der Waals surface area contributed by atoms with E-state index in [1.807, 2.05) is 18.6 Å². The van der Waals surface area contributed by atoms with Crippen LogP contribution in [0.4, 0.5) is 0 Å². The summed E-state index contributed by atoms with van der Waals surface area (Å²) < 4.78 is 2.05. The van der Waals surface area contributed by atoms with Crippen molar-refractivity contribution in [3.8, 4) is 5.75 Å². The molecule has 5 heteroatoms. The lowest BCUT2D eigenvalue weighted by molar-refractivity contribution is 0.475. The van der Waals surface area contributed by atoms with Gasteiger partial charge in [0.05, 0.1) is 11.3 Å². The molecule has 96 valence electrons. The summed E-state index contributed by atoms with van der Waals surface area (Å²) in [4.78, 5) is 3.99. The van der Waals surface area contributed by atoms with Gasteiger partial charge in [-0.3, -0.25) is 0 Å². The Bertz CT molecular complexity index is 485. The number of imidazole rings is 1. The van der Waals surface area contributed by atoms with Crippen molar-refractivity contribution in [2.75, 3.05) is 6.54 Å².